The zero-order chi connectivity index (χ0) is 17.4. The lowest BCUT2D eigenvalue weighted by atomic mass is 10.0. The normalized spacial score (nSPS) is 11.0. The van der Waals surface area contributed by atoms with Crippen molar-refractivity contribution in [2.24, 2.45) is 7.05 Å². The number of nitrogens with zero attached hydrogens (tertiary/aromatic N) is 3. The van der Waals surface area contributed by atoms with Gasteiger partial charge in [0.2, 0.25) is 0 Å². The summed E-state index contributed by atoms with van der Waals surface area (Å²) >= 11 is 0. The zero-order valence-corrected chi connectivity index (χ0v) is 13.9. The van der Waals surface area contributed by atoms with E-state index in [2.05, 4.69) is 10.1 Å². The van der Waals surface area contributed by atoms with E-state index >= 15 is 0 Å². The van der Waals surface area contributed by atoms with Gasteiger partial charge in [-0.05, 0) is 55.5 Å². The highest BCUT2D eigenvalue weighted by Crippen LogP contribution is 2.33. The number of rotatable bonds is 3. The second-order valence-corrected chi connectivity index (χ2v) is 5.91. The van der Waals surface area contributed by atoms with Gasteiger partial charge in [-0.25, -0.2) is 4.39 Å². The van der Waals surface area contributed by atoms with Crippen LogP contribution in [-0.4, -0.2) is 14.8 Å². The van der Waals surface area contributed by atoms with Crippen molar-refractivity contribution < 1.29 is 8.81 Å². The monoisotopic (exact) mass is 333 g/mol. The number of pyridine rings is 1. The average molecular weight is 333 g/mol. The van der Waals surface area contributed by atoms with Gasteiger partial charge in [0.1, 0.15) is 23.0 Å². The maximum absolute atomic E-state index is 13.1. The van der Waals surface area contributed by atoms with E-state index in [4.69, 9.17) is 4.42 Å². The topological polar surface area (TPSA) is 43.9 Å². The third-order valence-corrected chi connectivity index (χ3v) is 4.01. The molecular weight excluding hydrogens is 317 g/mol. The Hall–Kier alpha value is -3.21. The van der Waals surface area contributed by atoms with Gasteiger partial charge in [0, 0.05) is 30.6 Å². The number of benzene rings is 1. The lowest BCUT2D eigenvalue weighted by Gasteiger charge is -2.05. The molecule has 0 spiro atoms. The molecule has 4 nitrogen and oxygen atoms in total. The predicted molar refractivity (Wildman–Crippen MR) is 94.3 cm³/mol. The molecule has 0 aliphatic rings. The Morgan fingerprint density at radius 1 is 1.00 bits per heavy atom. The Bertz CT molecular complexity index is 1030. The minimum Gasteiger partial charge on any atom is -0.461 e. The van der Waals surface area contributed by atoms with Crippen molar-refractivity contribution in [1.82, 2.24) is 14.8 Å². The van der Waals surface area contributed by atoms with Gasteiger partial charge in [0.25, 0.3) is 0 Å². The number of hydrogen-bond acceptors (Lipinski definition) is 3. The van der Waals surface area contributed by atoms with Gasteiger partial charge in [0.05, 0.1) is 11.3 Å². The van der Waals surface area contributed by atoms with Crippen LogP contribution in [0.3, 0.4) is 0 Å². The van der Waals surface area contributed by atoms with E-state index in [0.717, 1.165) is 39.6 Å². The van der Waals surface area contributed by atoms with Gasteiger partial charge < -0.3 is 4.42 Å². The van der Waals surface area contributed by atoms with E-state index in [1.807, 2.05) is 44.4 Å². The molecule has 0 fully saturated rings. The van der Waals surface area contributed by atoms with Crippen LogP contribution >= 0.6 is 0 Å². The van der Waals surface area contributed by atoms with Crippen LogP contribution in [0, 0.1) is 12.7 Å². The maximum Gasteiger partial charge on any atom is 0.138 e. The van der Waals surface area contributed by atoms with Crippen LogP contribution in [-0.2, 0) is 7.05 Å². The van der Waals surface area contributed by atoms with E-state index in [9.17, 15) is 4.39 Å². The molecule has 5 heteroatoms. The van der Waals surface area contributed by atoms with Gasteiger partial charge in [-0.2, -0.15) is 5.10 Å². The molecular formula is C20H16FN3O. The first-order valence-electron chi connectivity index (χ1n) is 7.93. The van der Waals surface area contributed by atoms with Crippen molar-refractivity contribution in [3.8, 4) is 33.8 Å². The molecule has 4 rings (SSSR count). The third-order valence-electron chi connectivity index (χ3n) is 4.01. The van der Waals surface area contributed by atoms with E-state index < -0.39 is 0 Å². The lowest BCUT2D eigenvalue weighted by Crippen LogP contribution is -1.90. The van der Waals surface area contributed by atoms with Crippen molar-refractivity contribution in [3.05, 3.63) is 72.5 Å². The van der Waals surface area contributed by atoms with Crippen LogP contribution in [0.4, 0.5) is 4.39 Å². The van der Waals surface area contributed by atoms with Gasteiger partial charge in [0.15, 0.2) is 0 Å². The molecule has 0 aliphatic carbocycles. The summed E-state index contributed by atoms with van der Waals surface area (Å²) in [4.78, 5) is 4.40. The van der Waals surface area contributed by atoms with Crippen molar-refractivity contribution in [3.63, 3.8) is 0 Å². The maximum atomic E-state index is 13.1. The van der Waals surface area contributed by atoms with Crippen molar-refractivity contribution in [1.29, 1.82) is 0 Å². The zero-order valence-electron chi connectivity index (χ0n) is 13.9. The fourth-order valence-corrected chi connectivity index (χ4v) is 2.82. The molecule has 0 amide bonds. The summed E-state index contributed by atoms with van der Waals surface area (Å²) in [5.74, 6) is 1.37. The second kappa shape index (κ2) is 6.02. The summed E-state index contributed by atoms with van der Waals surface area (Å²) in [6.07, 6.45) is 3.67. The highest BCUT2D eigenvalue weighted by atomic mass is 19.1. The summed E-state index contributed by atoms with van der Waals surface area (Å²) in [7, 11) is 1.88. The SMILES string of the molecule is Cc1ccc(-c2cn(C)nc2-c2ccnc(-c3ccc(F)cc3)c2)o1. The van der Waals surface area contributed by atoms with Gasteiger partial charge >= 0.3 is 0 Å². The molecule has 124 valence electrons. The first-order chi connectivity index (χ1) is 12.1. The highest BCUT2D eigenvalue weighted by Gasteiger charge is 2.15. The smallest absolute Gasteiger partial charge is 0.138 e. The Balaban J connectivity index is 1.81. The van der Waals surface area contributed by atoms with Gasteiger partial charge in [-0.15, -0.1) is 0 Å². The van der Waals surface area contributed by atoms with Crippen molar-refractivity contribution >= 4 is 0 Å². The first-order valence-corrected chi connectivity index (χ1v) is 7.93. The van der Waals surface area contributed by atoms with Crippen LogP contribution in [0.2, 0.25) is 0 Å². The van der Waals surface area contributed by atoms with Crippen LogP contribution in [0.25, 0.3) is 33.8 Å². The number of hydrogen-bond donors (Lipinski definition) is 0. The van der Waals surface area contributed by atoms with Crippen LogP contribution in [0.5, 0.6) is 0 Å². The lowest BCUT2D eigenvalue weighted by molar-refractivity contribution is 0.548. The fraction of sp³-hybridized carbons (Fsp3) is 0.100. The molecule has 0 N–H and O–H groups in total. The summed E-state index contributed by atoms with van der Waals surface area (Å²) in [6, 6.07) is 14.0. The van der Waals surface area contributed by atoms with Crippen molar-refractivity contribution in [2.45, 2.75) is 6.92 Å². The second-order valence-electron chi connectivity index (χ2n) is 5.91. The Kier molecular flexibility index (Phi) is 3.69. The predicted octanol–water partition coefficient (Wildman–Crippen LogP) is 4.86. The molecule has 25 heavy (non-hydrogen) atoms. The standard InChI is InChI=1S/C20H16FN3O/c1-13-3-8-19(25-13)17-12-24(2)23-20(17)15-9-10-22-18(11-15)14-4-6-16(21)7-5-14/h3-12H,1-2H3. The highest BCUT2D eigenvalue weighted by molar-refractivity contribution is 5.79. The van der Waals surface area contributed by atoms with Gasteiger partial charge in [-0.1, -0.05) is 0 Å². The van der Waals surface area contributed by atoms with Gasteiger partial charge in [-0.3, -0.25) is 9.67 Å². The Labute approximate surface area is 144 Å². The largest absolute Gasteiger partial charge is 0.461 e. The Morgan fingerprint density at radius 3 is 2.52 bits per heavy atom. The molecule has 0 aliphatic heterocycles. The van der Waals surface area contributed by atoms with Crippen LogP contribution < -0.4 is 0 Å². The summed E-state index contributed by atoms with van der Waals surface area (Å²) in [5.41, 5.74) is 4.30. The number of aryl methyl sites for hydroxylation is 2. The molecule has 0 bridgehead atoms. The molecule has 3 heterocycles. The minimum absolute atomic E-state index is 0.264. The average Bonchev–Trinajstić information content (AvgIpc) is 3.21. The molecule has 0 unspecified atom stereocenters. The fourth-order valence-electron chi connectivity index (χ4n) is 2.82. The van der Waals surface area contributed by atoms with Crippen LogP contribution in [0.15, 0.2) is 65.3 Å². The Morgan fingerprint density at radius 2 is 1.80 bits per heavy atom. The summed E-state index contributed by atoms with van der Waals surface area (Å²) in [5, 5.41) is 4.58. The molecule has 0 saturated carbocycles. The molecule has 0 saturated heterocycles. The molecule has 3 aromatic heterocycles. The summed E-state index contributed by atoms with van der Waals surface area (Å²) in [6.45, 7) is 1.92. The number of furan rings is 1. The molecule has 0 atom stereocenters. The number of aromatic nitrogens is 3. The molecule has 0 radical (unpaired) electrons. The summed E-state index contributed by atoms with van der Waals surface area (Å²) < 4.78 is 20.7. The third kappa shape index (κ3) is 2.96. The minimum atomic E-state index is -0.264. The molecule has 1 aromatic carbocycles. The van der Waals surface area contributed by atoms with Crippen molar-refractivity contribution in [2.75, 3.05) is 0 Å². The van der Waals surface area contributed by atoms with E-state index in [0.29, 0.717) is 0 Å². The van der Waals surface area contributed by atoms with E-state index in [1.165, 1.54) is 12.1 Å². The van der Waals surface area contributed by atoms with E-state index in [-0.39, 0.29) is 5.82 Å². The van der Waals surface area contributed by atoms with Crippen LogP contribution in [0.1, 0.15) is 5.76 Å². The quantitative estimate of drug-likeness (QED) is 0.538. The van der Waals surface area contributed by atoms with E-state index in [1.54, 1.807) is 23.0 Å². The number of halogens is 1. The first kappa shape index (κ1) is 15.3. The molecule has 4 aromatic rings.